The van der Waals surface area contributed by atoms with Gasteiger partial charge in [0, 0.05) is 33.7 Å². The second-order valence-electron chi connectivity index (χ2n) is 3.42. The zero-order valence-corrected chi connectivity index (χ0v) is 10.3. The summed E-state index contributed by atoms with van der Waals surface area (Å²) in [5.41, 5.74) is 6.69. The van der Waals surface area contributed by atoms with E-state index in [-0.39, 0.29) is 0 Å². The molecule has 3 nitrogen and oxygen atoms in total. The Bertz CT molecular complexity index is 537. The number of halogens is 1. The third-order valence-electron chi connectivity index (χ3n) is 2.29. The maximum Gasteiger partial charge on any atom is 0.134 e. The molecule has 0 unspecified atom stereocenters. The summed E-state index contributed by atoms with van der Waals surface area (Å²) in [5.74, 6) is 0.824. The SMILES string of the molecule is C=CCNc1nccc2c(N)cc(Br)cc12. The van der Waals surface area contributed by atoms with Crippen molar-refractivity contribution in [1.82, 2.24) is 4.98 Å². The molecule has 4 heteroatoms. The lowest BCUT2D eigenvalue weighted by Crippen LogP contribution is -2.01. The fraction of sp³-hybridized carbons (Fsp3) is 0.0833. The Kier molecular flexibility index (Phi) is 3.10. The molecule has 0 saturated heterocycles. The summed E-state index contributed by atoms with van der Waals surface area (Å²) >= 11 is 3.43. The molecule has 2 aromatic rings. The van der Waals surface area contributed by atoms with E-state index in [1.807, 2.05) is 18.2 Å². The highest BCUT2D eigenvalue weighted by molar-refractivity contribution is 9.10. The first-order valence-electron chi connectivity index (χ1n) is 4.91. The maximum atomic E-state index is 5.95. The third-order valence-corrected chi connectivity index (χ3v) is 2.75. The van der Waals surface area contributed by atoms with Crippen molar-refractivity contribution < 1.29 is 0 Å². The highest BCUT2D eigenvalue weighted by Crippen LogP contribution is 2.29. The van der Waals surface area contributed by atoms with Crippen LogP contribution in [0.4, 0.5) is 11.5 Å². The van der Waals surface area contributed by atoms with Crippen LogP contribution in [0.2, 0.25) is 0 Å². The van der Waals surface area contributed by atoms with Gasteiger partial charge in [-0.2, -0.15) is 0 Å². The predicted octanol–water partition coefficient (Wildman–Crippen LogP) is 3.18. The number of nitrogen functional groups attached to an aromatic ring is 1. The lowest BCUT2D eigenvalue weighted by Gasteiger charge is -2.09. The van der Waals surface area contributed by atoms with E-state index in [9.17, 15) is 0 Å². The molecule has 0 radical (unpaired) electrons. The number of hydrogen-bond donors (Lipinski definition) is 2. The molecule has 0 saturated carbocycles. The van der Waals surface area contributed by atoms with Crippen molar-refractivity contribution in [3.63, 3.8) is 0 Å². The Morgan fingerprint density at radius 2 is 2.25 bits per heavy atom. The number of fused-ring (bicyclic) bond motifs is 1. The van der Waals surface area contributed by atoms with Gasteiger partial charge in [0.2, 0.25) is 0 Å². The first kappa shape index (κ1) is 11.0. The molecular weight excluding hydrogens is 266 g/mol. The largest absolute Gasteiger partial charge is 0.398 e. The van der Waals surface area contributed by atoms with E-state index >= 15 is 0 Å². The van der Waals surface area contributed by atoms with Gasteiger partial charge in [-0.15, -0.1) is 6.58 Å². The minimum absolute atomic E-state index is 0.679. The zero-order chi connectivity index (χ0) is 11.5. The lowest BCUT2D eigenvalue weighted by molar-refractivity contribution is 1.25. The molecule has 0 bridgehead atoms. The van der Waals surface area contributed by atoms with E-state index in [1.165, 1.54) is 0 Å². The molecule has 0 aliphatic heterocycles. The van der Waals surface area contributed by atoms with Crippen LogP contribution in [-0.2, 0) is 0 Å². The second kappa shape index (κ2) is 4.53. The number of pyridine rings is 1. The van der Waals surface area contributed by atoms with Gasteiger partial charge < -0.3 is 11.1 Å². The van der Waals surface area contributed by atoms with Crippen molar-refractivity contribution in [1.29, 1.82) is 0 Å². The first-order chi connectivity index (χ1) is 7.72. The summed E-state index contributed by atoms with van der Waals surface area (Å²) in [5, 5.41) is 5.20. The Hall–Kier alpha value is -1.55. The monoisotopic (exact) mass is 277 g/mol. The molecule has 0 atom stereocenters. The van der Waals surface area contributed by atoms with Crippen LogP contribution in [0.5, 0.6) is 0 Å². The standard InChI is InChI=1S/C12H12BrN3/c1-2-4-15-12-10-6-8(13)7-11(14)9(10)3-5-16-12/h2-3,5-7H,1,4,14H2,(H,15,16). The van der Waals surface area contributed by atoms with Gasteiger partial charge in [-0.1, -0.05) is 22.0 Å². The minimum atomic E-state index is 0.679. The third kappa shape index (κ3) is 2.02. The summed E-state index contributed by atoms with van der Waals surface area (Å²) in [4.78, 5) is 4.29. The maximum absolute atomic E-state index is 5.95. The van der Waals surface area contributed by atoms with E-state index in [0.29, 0.717) is 6.54 Å². The average Bonchev–Trinajstić information content (AvgIpc) is 2.26. The van der Waals surface area contributed by atoms with E-state index in [0.717, 1.165) is 26.8 Å². The number of benzene rings is 1. The number of nitrogens with two attached hydrogens (primary N) is 1. The summed E-state index contributed by atoms with van der Waals surface area (Å²) in [6.45, 7) is 4.35. The molecule has 0 aliphatic carbocycles. The predicted molar refractivity (Wildman–Crippen MR) is 72.5 cm³/mol. The molecule has 0 spiro atoms. The first-order valence-corrected chi connectivity index (χ1v) is 5.70. The van der Waals surface area contributed by atoms with Crippen molar-refractivity contribution in [2.75, 3.05) is 17.6 Å². The number of nitrogens with one attached hydrogen (secondary N) is 1. The van der Waals surface area contributed by atoms with Gasteiger partial charge in [0.05, 0.1) is 0 Å². The Morgan fingerprint density at radius 3 is 3.00 bits per heavy atom. The fourth-order valence-electron chi connectivity index (χ4n) is 1.59. The van der Waals surface area contributed by atoms with Gasteiger partial charge in [-0.05, 0) is 18.2 Å². The Balaban J connectivity index is 2.61. The van der Waals surface area contributed by atoms with Gasteiger partial charge >= 0.3 is 0 Å². The molecule has 1 aromatic carbocycles. The molecule has 0 amide bonds. The van der Waals surface area contributed by atoms with E-state index in [1.54, 1.807) is 12.3 Å². The van der Waals surface area contributed by atoms with Crippen LogP contribution in [0.25, 0.3) is 10.8 Å². The van der Waals surface area contributed by atoms with Crippen molar-refractivity contribution in [3.05, 3.63) is 41.5 Å². The van der Waals surface area contributed by atoms with Crippen LogP contribution in [0.1, 0.15) is 0 Å². The molecule has 1 heterocycles. The number of aromatic nitrogens is 1. The molecule has 82 valence electrons. The topological polar surface area (TPSA) is 50.9 Å². The van der Waals surface area contributed by atoms with E-state index in [4.69, 9.17) is 5.73 Å². The van der Waals surface area contributed by atoms with Crippen LogP contribution >= 0.6 is 15.9 Å². The highest BCUT2D eigenvalue weighted by Gasteiger charge is 2.05. The summed E-state index contributed by atoms with van der Waals surface area (Å²) in [6.07, 6.45) is 3.54. The van der Waals surface area contributed by atoms with Gasteiger partial charge in [0.15, 0.2) is 0 Å². The van der Waals surface area contributed by atoms with E-state index < -0.39 is 0 Å². The molecule has 2 rings (SSSR count). The number of anilines is 2. The van der Waals surface area contributed by atoms with Crippen molar-refractivity contribution in [2.45, 2.75) is 0 Å². The smallest absolute Gasteiger partial charge is 0.134 e. The fourth-order valence-corrected chi connectivity index (χ4v) is 2.06. The molecule has 16 heavy (non-hydrogen) atoms. The van der Waals surface area contributed by atoms with Crippen LogP contribution in [-0.4, -0.2) is 11.5 Å². The molecular formula is C12H12BrN3. The minimum Gasteiger partial charge on any atom is -0.398 e. The zero-order valence-electron chi connectivity index (χ0n) is 8.70. The second-order valence-corrected chi connectivity index (χ2v) is 4.33. The average molecular weight is 278 g/mol. The van der Waals surface area contributed by atoms with Gasteiger partial charge in [-0.25, -0.2) is 4.98 Å². The summed E-state index contributed by atoms with van der Waals surface area (Å²) < 4.78 is 0.951. The summed E-state index contributed by atoms with van der Waals surface area (Å²) in [7, 11) is 0. The Labute approximate surface area is 102 Å². The van der Waals surface area contributed by atoms with Crippen molar-refractivity contribution >= 4 is 38.2 Å². The number of rotatable bonds is 3. The van der Waals surface area contributed by atoms with Crippen LogP contribution in [0, 0.1) is 0 Å². The molecule has 0 fully saturated rings. The number of nitrogens with zero attached hydrogens (tertiary/aromatic N) is 1. The number of hydrogen-bond acceptors (Lipinski definition) is 3. The van der Waals surface area contributed by atoms with E-state index in [2.05, 4.69) is 32.8 Å². The van der Waals surface area contributed by atoms with Gasteiger partial charge in [0.1, 0.15) is 5.82 Å². The quantitative estimate of drug-likeness (QED) is 0.669. The summed E-state index contributed by atoms with van der Waals surface area (Å²) in [6, 6.07) is 5.81. The molecule has 1 aromatic heterocycles. The van der Waals surface area contributed by atoms with Gasteiger partial charge in [0.25, 0.3) is 0 Å². The van der Waals surface area contributed by atoms with Crippen LogP contribution in [0.15, 0.2) is 41.5 Å². The highest BCUT2D eigenvalue weighted by atomic mass is 79.9. The molecule has 3 N–H and O–H groups in total. The Morgan fingerprint density at radius 1 is 1.44 bits per heavy atom. The van der Waals surface area contributed by atoms with Crippen LogP contribution in [0.3, 0.4) is 0 Å². The lowest BCUT2D eigenvalue weighted by atomic mass is 10.1. The van der Waals surface area contributed by atoms with Crippen molar-refractivity contribution in [2.24, 2.45) is 0 Å². The van der Waals surface area contributed by atoms with Crippen LogP contribution < -0.4 is 11.1 Å². The van der Waals surface area contributed by atoms with Crippen molar-refractivity contribution in [3.8, 4) is 0 Å². The molecule has 0 aliphatic rings. The normalized spacial score (nSPS) is 10.3. The van der Waals surface area contributed by atoms with Gasteiger partial charge in [-0.3, -0.25) is 0 Å².